The van der Waals surface area contributed by atoms with Gasteiger partial charge in [0.15, 0.2) is 21.7 Å². The van der Waals surface area contributed by atoms with Crippen LogP contribution in [-0.4, -0.2) is 154 Å². The van der Waals surface area contributed by atoms with Gasteiger partial charge in [0.2, 0.25) is 11.8 Å². The van der Waals surface area contributed by atoms with E-state index in [2.05, 4.69) is 110 Å². The lowest BCUT2D eigenvalue weighted by atomic mass is 9.86. The summed E-state index contributed by atoms with van der Waals surface area (Å²) in [6, 6.07) is 18.5. The van der Waals surface area contributed by atoms with Crippen molar-refractivity contribution in [2.45, 2.75) is 162 Å². The monoisotopic (exact) mass is 1360 g/mol. The zero-order chi connectivity index (χ0) is 68.7. The molecule has 29 heteroatoms. The van der Waals surface area contributed by atoms with E-state index in [1.165, 1.54) is 35.0 Å². The van der Waals surface area contributed by atoms with Crippen molar-refractivity contribution in [3.63, 3.8) is 0 Å². The molecule has 512 valence electrons. The van der Waals surface area contributed by atoms with Crippen molar-refractivity contribution < 1.29 is 54.9 Å². The molecule has 2 fully saturated rings. The Kier molecular flexibility index (Phi) is 23.0. The smallest absolute Gasteiger partial charge is 0.412 e. The Bertz CT molecular complexity index is 3840. The summed E-state index contributed by atoms with van der Waals surface area (Å²) in [6.07, 6.45) is 4.48. The molecule has 4 bridgehead atoms. The third-order valence-corrected chi connectivity index (χ3v) is 19.4. The molecule has 94 heavy (non-hydrogen) atoms. The van der Waals surface area contributed by atoms with E-state index in [-0.39, 0.29) is 51.4 Å². The summed E-state index contributed by atoms with van der Waals surface area (Å²) in [5.41, 5.74) is -1.53. The molecule has 9 heterocycles. The fourth-order valence-electron chi connectivity index (χ4n) is 11.5. The van der Waals surface area contributed by atoms with Gasteiger partial charge in [-0.05, 0) is 152 Å². The van der Waals surface area contributed by atoms with Crippen molar-refractivity contribution in [3.8, 4) is 23.4 Å². The Labute approximate surface area is 557 Å². The first-order valence-electron chi connectivity index (χ1n) is 31.8. The van der Waals surface area contributed by atoms with Gasteiger partial charge in [0.1, 0.15) is 34.4 Å². The zero-order valence-corrected chi connectivity index (χ0v) is 58.7. The Morgan fingerprint density at radius 3 is 2.00 bits per heavy atom. The number of hydrogen-bond donors (Lipinski definition) is 4. The van der Waals surface area contributed by atoms with E-state index in [4.69, 9.17) is 40.3 Å². The summed E-state index contributed by atoms with van der Waals surface area (Å²) >= 11 is 6.34. The third kappa shape index (κ3) is 18.4. The summed E-state index contributed by atoms with van der Waals surface area (Å²) in [7, 11) is -8.64. The maximum Gasteiger partial charge on any atom is 0.412 e. The van der Waals surface area contributed by atoms with Crippen LogP contribution in [0.3, 0.4) is 0 Å². The van der Waals surface area contributed by atoms with Gasteiger partial charge in [-0.15, -0.1) is 10.2 Å². The normalized spacial score (nSPS) is 17.9. The topological polar surface area (TPSA) is 307 Å². The van der Waals surface area contributed by atoms with E-state index in [1.807, 2.05) is 44.2 Å². The summed E-state index contributed by atoms with van der Waals surface area (Å²) in [4.78, 5) is 60.6. The Balaban J connectivity index is 0.000000244. The molecule has 6 aromatic rings. The summed E-state index contributed by atoms with van der Waals surface area (Å²) in [6.45, 7) is 33.7. The molecule has 9 rings (SSSR count). The van der Waals surface area contributed by atoms with Crippen LogP contribution >= 0.6 is 11.6 Å². The van der Waals surface area contributed by atoms with Gasteiger partial charge in [0, 0.05) is 55.2 Å². The maximum absolute atomic E-state index is 13.6. The van der Waals surface area contributed by atoms with Gasteiger partial charge in [-0.1, -0.05) is 79.1 Å². The fourth-order valence-corrected chi connectivity index (χ4v) is 13.7. The first-order chi connectivity index (χ1) is 44.1. The molecule has 0 radical (unpaired) electrons. The second-order valence-electron chi connectivity index (χ2n) is 27.3. The van der Waals surface area contributed by atoms with E-state index < -0.39 is 60.9 Å². The maximum atomic E-state index is 13.6. The van der Waals surface area contributed by atoms with E-state index in [0.717, 1.165) is 6.42 Å². The first kappa shape index (κ1) is 72.2. The average Bonchev–Trinajstić information content (AvgIpc) is 1.53. The van der Waals surface area contributed by atoms with E-state index in [0.29, 0.717) is 116 Å². The molecule has 0 spiro atoms. The van der Waals surface area contributed by atoms with Crippen molar-refractivity contribution in [1.29, 1.82) is 0 Å². The number of fused-ring (bicyclic) bond motifs is 6. The Morgan fingerprint density at radius 2 is 1.39 bits per heavy atom. The number of carbonyl (C=O) groups excluding carboxylic acids is 3. The number of pyridine rings is 4. The predicted molar refractivity (Wildman–Crippen MR) is 357 cm³/mol. The van der Waals surface area contributed by atoms with Gasteiger partial charge in [0.25, 0.3) is 31.9 Å². The van der Waals surface area contributed by atoms with Crippen LogP contribution in [0.2, 0.25) is 5.15 Å². The molecule has 2 unspecified atom stereocenters. The van der Waals surface area contributed by atoms with Crippen molar-refractivity contribution >= 4 is 67.0 Å². The summed E-state index contributed by atoms with van der Waals surface area (Å²) in [5, 5.41) is 14.3. The minimum absolute atomic E-state index is 0.116. The first-order valence-corrected chi connectivity index (χ1v) is 35.1. The van der Waals surface area contributed by atoms with E-state index in [1.54, 1.807) is 64.4 Å². The minimum atomic E-state index is -4.38. The standard InChI is InChI=1S/C35H50ClN7O7S.C30H41N7O5S/c1-22(2)25(23(3)4)21-49-28-16-19-42(40-28)27-14-13-24(31(36)39-27)32(44)41-51(46,47)29-12-10-11-26(38-29)37-18-20-48-30-15-17-35(8,9)43(30)33(45)50-34(5,6)7;1-19(2)23(20(3)4)18-42-26-12-14-37(34-26)25-11-10-22-28(33-25)36-17-21(16-30(36,5)6)41-15-13-31-24-8-7-9-27(32-24)43(39,40)35-29(22)38/h10-14,16,19,22-23,25,30H,15,17-18,20-21H2,1-9H3,(H,37,38)(H,41,44);7-12,14,19-21,23H,13,15-18H2,1-6H3,(H,31,32)(H,35,38). The Morgan fingerprint density at radius 1 is 0.787 bits per heavy atom. The lowest BCUT2D eigenvalue weighted by Gasteiger charge is -2.36. The highest BCUT2D eigenvalue weighted by molar-refractivity contribution is 7.90. The highest BCUT2D eigenvalue weighted by atomic mass is 35.5. The fraction of sp³-hybridized carbons (Fsp3) is 0.554. The van der Waals surface area contributed by atoms with Gasteiger partial charge >= 0.3 is 6.09 Å². The van der Waals surface area contributed by atoms with Crippen LogP contribution in [0, 0.1) is 35.5 Å². The molecule has 3 amide bonds. The number of carbonyl (C=O) groups is 3. The molecule has 2 saturated heterocycles. The second-order valence-corrected chi connectivity index (χ2v) is 30.9. The SMILES string of the molecule is CC(C)C(COc1ccn(-c2ccc(C(=O)NS(=O)(=O)c3cccc(NCCOC4CCC(C)(C)N4C(=O)OC(C)(C)C)n3)c(Cl)n2)n1)C(C)C.CC(C)C(COc1ccn(-c2ccc3c(n2)N2CC(CC2(C)C)OCCNc2cccc(n2)S(=O)(=O)NC3=O)n1)C(C)C. The van der Waals surface area contributed by atoms with Crippen LogP contribution in [0.4, 0.5) is 22.2 Å². The van der Waals surface area contributed by atoms with E-state index in [9.17, 15) is 31.2 Å². The van der Waals surface area contributed by atoms with Crippen molar-refractivity contribution in [2.24, 2.45) is 35.5 Å². The second kappa shape index (κ2) is 30.0. The molecule has 0 saturated carbocycles. The highest BCUT2D eigenvalue weighted by Gasteiger charge is 2.46. The van der Waals surface area contributed by atoms with Gasteiger partial charge in [-0.25, -0.2) is 43.5 Å². The largest absolute Gasteiger partial charge is 0.476 e. The minimum Gasteiger partial charge on any atom is -0.476 e. The van der Waals surface area contributed by atoms with Crippen LogP contribution in [0.25, 0.3) is 11.6 Å². The quantitative estimate of drug-likeness (QED) is 0.0408. The third-order valence-electron chi connectivity index (χ3n) is 16.6. The molecule has 0 aliphatic carbocycles. The number of aromatic nitrogens is 8. The molecule has 6 aromatic heterocycles. The molecule has 3 aliphatic rings. The van der Waals surface area contributed by atoms with Crippen LogP contribution in [0.15, 0.2) is 95.2 Å². The number of anilines is 3. The summed E-state index contributed by atoms with van der Waals surface area (Å²) < 4.78 is 89.7. The van der Waals surface area contributed by atoms with Gasteiger partial charge in [0.05, 0.1) is 43.7 Å². The molecule has 26 nitrogen and oxygen atoms in total. The van der Waals surface area contributed by atoms with Crippen LogP contribution < -0.4 is 34.5 Å². The number of hydrogen-bond acceptors (Lipinski definition) is 21. The van der Waals surface area contributed by atoms with Gasteiger partial charge < -0.3 is 39.2 Å². The lowest BCUT2D eigenvalue weighted by Crippen LogP contribution is -2.50. The number of likely N-dealkylation sites (tertiary alicyclic amines) is 1. The number of nitrogens with zero attached hydrogens (tertiary/aromatic N) is 10. The predicted octanol–water partition coefficient (Wildman–Crippen LogP) is 10.2. The molecule has 2 atom stereocenters. The van der Waals surface area contributed by atoms with Crippen molar-refractivity contribution in [2.75, 3.05) is 61.6 Å². The molecular weight excluding hydrogens is 1270 g/mol. The van der Waals surface area contributed by atoms with Crippen LogP contribution in [-0.2, 0) is 34.3 Å². The van der Waals surface area contributed by atoms with Crippen molar-refractivity contribution in [1.82, 2.24) is 53.8 Å². The molecular formula is C65H91ClN14O12S2. The van der Waals surface area contributed by atoms with Crippen LogP contribution in [0.5, 0.6) is 11.8 Å². The molecule has 3 aliphatic heterocycles. The molecule has 0 aromatic carbocycles. The number of ether oxygens (including phenoxy) is 5. The van der Waals surface area contributed by atoms with Crippen molar-refractivity contribution in [3.05, 3.63) is 101 Å². The zero-order valence-electron chi connectivity index (χ0n) is 56.3. The highest BCUT2D eigenvalue weighted by Crippen LogP contribution is 2.38. The Hall–Kier alpha value is -7.66. The molecule has 4 N–H and O–H groups in total. The van der Waals surface area contributed by atoms with Crippen LogP contribution in [0.1, 0.15) is 144 Å². The number of amides is 3. The van der Waals surface area contributed by atoms with Gasteiger partial charge in [-0.2, -0.15) is 16.8 Å². The summed E-state index contributed by atoms with van der Waals surface area (Å²) in [5.74, 6) is 3.46. The number of halogens is 1. The average molecular weight is 1360 g/mol. The number of rotatable bonds is 20. The lowest BCUT2D eigenvalue weighted by molar-refractivity contribution is -0.0684. The number of sulfonamides is 2. The number of nitrogens with one attached hydrogen (secondary N) is 4. The van der Waals surface area contributed by atoms with Gasteiger partial charge in [-0.3, -0.25) is 14.5 Å². The van der Waals surface area contributed by atoms with E-state index >= 15 is 0 Å².